The van der Waals surface area contributed by atoms with Gasteiger partial charge in [0.05, 0.1) is 13.2 Å². The van der Waals surface area contributed by atoms with Crippen LogP contribution in [0, 0.1) is 11.8 Å². The Morgan fingerprint density at radius 2 is 2.00 bits per heavy atom. The van der Waals surface area contributed by atoms with Crippen molar-refractivity contribution in [2.45, 2.75) is 58.0 Å². The van der Waals surface area contributed by atoms with Crippen LogP contribution in [0.1, 0.15) is 63.5 Å². The van der Waals surface area contributed by atoms with Crippen molar-refractivity contribution in [2.75, 3.05) is 7.11 Å². The molecule has 1 aromatic carbocycles. The maximum Gasteiger partial charge on any atom is 0.119 e. The quantitative estimate of drug-likeness (QED) is 0.814. The van der Waals surface area contributed by atoms with E-state index in [1.165, 1.54) is 32.1 Å². The summed E-state index contributed by atoms with van der Waals surface area (Å²) in [5, 5.41) is 10.6. The highest BCUT2D eigenvalue weighted by molar-refractivity contribution is 5.30. The van der Waals surface area contributed by atoms with E-state index in [-0.39, 0.29) is 6.10 Å². The third-order valence-electron chi connectivity index (χ3n) is 4.74. The van der Waals surface area contributed by atoms with E-state index < -0.39 is 0 Å². The Balaban J connectivity index is 1.89. The SMILES string of the molecule is CCCCC1CCC(C(O)c2cccc(OC)c2)CC1. The van der Waals surface area contributed by atoms with Gasteiger partial charge in [-0.05, 0) is 42.4 Å². The molecule has 1 aromatic rings. The average Bonchev–Trinajstić information content (AvgIpc) is 2.52. The summed E-state index contributed by atoms with van der Waals surface area (Å²) in [6.07, 6.45) is 8.58. The van der Waals surface area contributed by atoms with Gasteiger partial charge in [0.15, 0.2) is 0 Å². The number of aliphatic hydroxyl groups is 1. The third kappa shape index (κ3) is 3.99. The van der Waals surface area contributed by atoms with Gasteiger partial charge in [-0.3, -0.25) is 0 Å². The molecule has 2 heteroatoms. The van der Waals surface area contributed by atoms with Crippen LogP contribution in [-0.2, 0) is 0 Å². The molecule has 0 saturated heterocycles. The summed E-state index contributed by atoms with van der Waals surface area (Å²) in [5.41, 5.74) is 1.00. The third-order valence-corrected chi connectivity index (χ3v) is 4.74. The normalized spacial score (nSPS) is 24.4. The van der Waals surface area contributed by atoms with Crippen molar-refractivity contribution in [1.29, 1.82) is 0 Å². The lowest BCUT2D eigenvalue weighted by Gasteiger charge is -2.31. The number of methoxy groups -OCH3 is 1. The Labute approximate surface area is 123 Å². The summed E-state index contributed by atoms with van der Waals surface area (Å²) in [4.78, 5) is 0. The van der Waals surface area contributed by atoms with Gasteiger partial charge in [0.1, 0.15) is 5.75 Å². The van der Waals surface area contributed by atoms with Gasteiger partial charge in [0.2, 0.25) is 0 Å². The molecule has 1 N–H and O–H groups in total. The van der Waals surface area contributed by atoms with Gasteiger partial charge in [-0.2, -0.15) is 0 Å². The first kappa shape index (κ1) is 15.4. The van der Waals surface area contributed by atoms with Crippen molar-refractivity contribution in [2.24, 2.45) is 11.8 Å². The van der Waals surface area contributed by atoms with Gasteiger partial charge >= 0.3 is 0 Å². The van der Waals surface area contributed by atoms with Crippen LogP contribution < -0.4 is 4.74 Å². The zero-order valence-electron chi connectivity index (χ0n) is 12.8. The number of unbranched alkanes of at least 4 members (excludes halogenated alkanes) is 1. The van der Waals surface area contributed by atoms with Crippen LogP contribution in [0.2, 0.25) is 0 Å². The Morgan fingerprint density at radius 1 is 1.25 bits per heavy atom. The fourth-order valence-electron chi connectivity index (χ4n) is 3.38. The summed E-state index contributed by atoms with van der Waals surface area (Å²) in [6.45, 7) is 2.26. The van der Waals surface area contributed by atoms with Gasteiger partial charge in [0, 0.05) is 0 Å². The zero-order chi connectivity index (χ0) is 14.4. The maximum absolute atomic E-state index is 10.6. The lowest BCUT2D eigenvalue weighted by atomic mass is 9.76. The number of rotatable bonds is 6. The topological polar surface area (TPSA) is 29.5 Å². The highest BCUT2D eigenvalue weighted by Gasteiger charge is 2.27. The molecule has 1 aliphatic rings. The summed E-state index contributed by atoms with van der Waals surface area (Å²) in [5.74, 6) is 2.14. The van der Waals surface area contributed by atoms with E-state index in [0.29, 0.717) is 5.92 Å². The largest absolute Gasteiger partial charge is 0.497 e. The van der Waals surface area contributed by atoms with Crippen molar-refractivity contribution >= 4 is 0 Å². The molecule has 1 saturated carbocycles. The molecule has 0 heterocycles. The van der Waals surface area contributed by atoms with Crippen LogP contribution in [0.15, 0.2) is 24.3 Å². The molecule has 0 radical (unpaired) electrons. The number of benzene rings is 1. The minimum atomic E-state index is -0.336. The van der Waals surface area contributed by atoms with Gasteiger partial charge in [-0.1, -0.05) is 51.2 Å². The predicted octanol–water partition coefficient (Wildman–Crippen LogP) is 4.73. The second-order valence-corrected chi connectivity index (χ2v) is 6.14. The minimum Gasteiger partial charge on any atom is -0.497 e. The molecular weight excluding hydrogens is 248 g/mol. The molecule has 1 unspecified atom stereocenters. The summed E-state index contributed by atoms with van der Waals surface area (Å²) in [7, 11) is 1.67. The summed E-state index contributed by atoms with van der Waals surface area (Å²) in [6, 6.07) is 7.87. The second kappa shape index (κ2) is 7.68. The molecule has 0 bridgehead atoms. The Kier molecular flexibility index (Phi) is 5.90. The molecule has 20 heavy (non-hydrogen) atoms. The number of hydrogen-bond donors (Lipinski definition) is 1. The number of ether oxygens (including phenoxy) is 1. The van der Waals surface area contributed by atoms with Gasteiger partial charge in [-0.25, -0.2) is 0 Å². The van der Waals surface area contributed by atoms with E-state index in [4.69, 9.17) is 4.74 Å². The van der Waals surface area contributed by atoms with Crippen LogP contribution in [0.4, 0.5) is 0 Å². The highest BCUT2D eigenvalue weighted by atomic mass is 16.5. The second-order valence-electron chi connectivity index (χ2n) is 6.14. The standard InChI is InChI=1S/C18H28O2/c1-3-4-6-14-9-11-15(12-10-14)18(19)16-7-5-8-17(13-16)20-2/h5,7-8,13-15,18-19H,3-4,6,9-12H2,1-2H3. The molecule has 1 fully saturated rings. The fourth-order valence-corrected chi connectivity index (χ4v) is 3.38. The molecule has 1 aliphatic carbocycles. The Hall–Kier alpha value is -1.02. The van der Waals surface area contributed by atoms with Crippen LogP contribution in [-0.4, -0.2) is 12.2 Å². The van der Waals surface area contributed by atoms with E-state index >= 15 is 0 Å². The van der Waals surface area contributed by atoms with E-state index in [0.717, 1.165) is 30.1 Å². The van der Waals surface area contributed by atoms with Crippen LogP contribution in [0.3, 0.4) is 0 Å². The van der Waals surface area contributed by atoms with E-state index in [1.807, 2.05) is 24.3 Å². The van der Waals surface area contributed by atoms with Crippen molar-refractivity contribution in [1.82, 2.24) is 0 Å². The monoisotopic (exact) mass is 276 g/mol. The fraction of sp³-hybridized carbons (Fsp3) is 0.667. The lowest BCUT2D eigenvalue weighted by Crippen LogP contribution is -2.20. The van der Waals surface area contributed by atoms with Crippen LogP contribution in [0.25, 0.3) is 0 Å². The molecule has 0 aliphatic heterocycles. The van der Waals surface area contributed by atoms with Crippen molar-refractivity contribution in [3.05, 3.63) is 29.8 Å². The first-order valence-electron chi connectivity index (χ1n) is 8.06. The van der Waals surface area contributed by atoms with Crippen LogP contribution in [0.5, 0.6) is 5.75 Å². The molecule has 0 spiro atoms. The summed E-state index contributed by atoms with van der Waals surface area (Å²) >= 11 is 0. The van der Waals surface area contributed by atoms with Gasteiger partial charge in [0.25, 0.3) is 0 Å². The smallest absolute Gasteiger partial charge is 0.119 e. The first-order chi connectivity index (χ1) is 9.74. The van der Waals surface area contributed by atoms with Gasteiger partial charge in [-0.15, -0.1) is 0 Å². The van der Waals surface area contributed by atoms with E-state index in [1.54, 1.807) is 7.11 Å². The lowest BCUT2D eigenvalue weighted by molar-refractivity contribution is 0.0718. The average molecular weight is 276 g/mol. The van der Waals surface area contributed by atoms with Crippen molar-refractivity contribution in [3.8, 4) is 5.75 Å². The molecule has 2 nitrogen and oxygen atoms in total. The van der Waals surface area contributed by atoms with E-state index in [9.17, 15) is 5.11 Å². The molecule has 0 amide bonds. The zero-order valence-corrected chi connectivity index (χ0v) is 12.8. The molecule has 2 rings (SSSR count). The minimum absolute atomic E-state index is 0.336. The maximum atomic E-state index is 10.6. The Morgan fingerprint density at radius 3 is 2.65 bits per heavy atom. The first-order valence-corrected chi connectivity index (χ1v) is 8.06. The number of hydrogen-bond acceptors (Lipinski definition) is 2. The molecule has 1 atom stereocenters. The van der Waals surface area contributed by atoms with Gasteiger partial charge < -0.3 is 9.84 Å². The van der Waals surface area contributed by atoms with Crippen LogP contribution >= 0.6 is 0 Å². The molecule has 0 aromatic heterocycles. The molecule has 112 valence electrons. The Bertz CT molecular complexity index is 394. The van der Waals surface area contributed by atoms with Crippen molar-refractivity contribution in [3.63, 3.8) is 0 Å². The summed E-state index contributed by atoms with van der Waals surface area (Å²) < 4.78 is 5.24. The highest BCUT2D eigenvalue weighted by Crippen LogP contribution is 2.38. The number of aliphatic hydroxyl groups excluding tert-OH is 1. The predicted molar refractivity (Wildman–Crippen MR) is 82.9 cm³/mol. The van der Waals surface area contributed by atoms with Crippen molar-refractivity contribution < 1.29 is 9.84 Å². The van der Waals surface area contributed by atoms with E-state index in [2.05, 4.69) is 6.92 Å². The molecular formula is C18H28O2.